The van der Waals surface area contributed by atoms with Crippen LogP contribution in [0, 0.1) is 0 Å². The van der Waals surface area contributed by atoms with Crippen LogP contribution >= 0.6 is 11.8 Å². The zero-order valence-electron chi connectivity index (χ0n) is 11.9. The van der Waals surface area contributed by atoms with Crippen LogP contribution in [0.15, 0.2) is 47.6 Å². The molecule has 3 nitrogen and oxygen atoms in total. The van der Waals surface area contributed by atoms with Crippen molar-refractivity contribution in [2.24, 2.45) is 0 Å². The highest BCUT2D eigenvalue weighted by molar-refractivity contribution is 7.98. The van der Waals surface area contributed by atoms with Crippen molar-refractivity contribution in [2.45, 2.75) is 24.2 Å². The summed E-state index contributed by atoms with van der Waals surface area (Å²) in [7, 11) is 1.72. The summed E-state index contributed by atoms with van der Waals surface area (Å²) in [5.41, 5.74) is 2.49. The minimum Gasteiger partial charge on any atom is -0.496 e. The lowest BCUT2D eigenvalue weighted by molar-refractivity contribution is 0.411. The molecule has 0 saturated heterocycles. The molecule has 0 saturated carbocycles. The van der Waals surface area contributed by atoms with E-state index in [4.69, 9.17) is 4.74 Å². The number of hydrogen-bond donors (Lipinski definition) is 1. The number of nitrogens with zero attached hydrogens (tertiary/aromatic N) is 1. The standard InChI is InChI=1S/C16H20N2OS/c1-3-17-11-13-7-8-15(19-2)14(10-13)12-20-16-6-4-5-9-18-16/h4-10,17H,3,11-12H2,1-2H3. The Morgan fingerprint density at radius 2 is 2.15 bits per heavy atom. The van der Waals surface area contributed by atoms with Gasteiger partial charge in [-0.2, -0.15) is 0 Å². The molecule has 106 valence electrons. The molecule has 0 amide bonds. The van der Waals surface area contributed by atoms with Gasteiger partial charge in [-0.1, -0.05) is 19.1 Å². The molecule has 20 heavy (non-hydrogen) atoms. The van der Waals surface area contributed by atoms with Gasteiger partial charge < -0.3 is 10.1 Å². The molecular weight excluding hydrogens is 268 g/mol. The first-order valence-corrected chi connectivity index (χ1v) is 7.72. The van der Waals surface area contributed by atoms with Crippen LogP contribution in [0.1, 0.15) is 18.1 Å². The maximum atomic E-state index is 5.44. The van der Waals surface area contributed by atoms with E-state index in [0.717, 1.165) is 29.6 Å². The van der Waals surface area contributed by atoms with Gasteiger partial charge in [0.25, 0.3) is 0 Å². The lowest BCUT2D eigenvalue weighted by Crippen LogP contribution is -2.11. The number of thioether (sulfide) groups is 1. The molecule has 1 heterocycles. The summed E-state index contributed by atoms with van der Waals surface area (Å²) in [5.74, 6) is 1.80. The van der Waals surface area contributed by atoms with Crippen LogP contribution in [0.3, 0.4) is 0 Å². The Balaban J connectivity index is 2.07. The SMILES string of the molecule is CCNCc1ccc(OC)c(CSc2ccccn2)c1. The monoisotopic (exact) mass is 288 g/mol. The predicted octanol–water partition coefficient (Wildman–Crippen LogP) is 3.49. The van der Waals surface area contributed by atoms with E-state index in [1.54, 1.807) is 18.9 Å². The molecule has 0 unspecified atom stereocenters. The van der Waals surface area contributed by atoms with E-state index in [0.29, 0.717) is 0 Å². The van der Waals surface area contributed by atoms with Crippen molar-refractivity contribution in [3.8, 4) is 5.75 Å². The number of aromatic nitrogens is 1. The fraction of sp³-hybridized carbons (Fsp3) is 0.312. The smallest absolute Gasteiger partial charge is 0.122 e. The molecule has 0 radical (unpaired) electrons. The summed E-state index contributed by atoms with van der Waals surface area (Å²) >= 11 is 1.72. The quantitative estimate of drug-likeness (QED) is 0.791. The molecule has 0 fully saturated rings. The highest BCUT2D eigenvalue weighted by atomic mass is 32.2. The van der Waals surface area contributed by atoms with E-state index in [1.165, 1.54) is 11.1 Å². The summed E-state index contributed by atoms with van der Waals surface area (Å²) in [6.07, 6.45) is 1.82. The van der Waals surface area contributed by atoms with Gasteiger partial charge in [0.05, 0.1) is 12.1 Å². The van der Waals surface area contributed by atoms with Gasteiger partial charge in [0.1, 0.15) is 5.75 Å². The Morgan fingerprint density at radius 3 is 2.85 bits per heavy atom. The topological polar surface area (TPSA) is 34.1 Å². The molecule has 2 rings (SSSR count). The molecule has 0 aliphatic carbocycles. The van der Waals surface area contributed by atoms with E-state index < -0.39 is 0 Å². The first-order chi connectivity index (χ1) is 9.83. The average Bonchev–Trinajstić information content (AvgIpc) is 2.52. The number of pyridine rings is 1. The zero-order chi connectivity index (χ0) is 14.2. The maximum absolute atomic E-state index is 5.44. The number of ether oxygens (including phenoxy) is 1. The number of rotatable bonds is 7. The first kappa shape index (κ1) is 14.9. The van der Waals surface area contributed by atoms with Gasteiger partial charge in [-0.3, -0.25) is 0 Å². The molecule has 0 aliphatic heterocycles. The van der Waals surface area contributed by atoms with Crippen LogP contribution in [-0.4, -0.2) is 18.6 Å². The van der Waals surface area contributed by atoms with Gasteiger partial charge in [0, 0.05) is 24.1 Å². The third-order valence-electron chi connectivity index (χ3n) is 2.94. The van der Waals surface area contributed by atoms with Gasteiger partial charge in [-0.05, 0) is 36.4 Å². The van der Waals surface area contributed by atoms with Gasteiger partial charge >= 0.3 is 0 Å². The molecule has 1 N–H and O–H groups in total. The molecule has 0 atom stereocenters. The molecule has 4 heteroatoms. The van der Waals surface area contributed by atoms with Crippen LogP contribution in [0.5, 0.6) is 5.75 Å². The van der Waals surface area contributed by atoms with Crippen molar-refractivity contribution in [2.75, 3.05) is 13.7 Å². The Kier molecular flexibility index (Phi) is 5.89. The second kappa shape index (κ2) is 7.92. The van der Waals surface area contributed by atoms with Crippen LogP contribution in [0.2, 0.25) is 0 Å². The third kappa shape index (κ3) is 4.25. The average molecular weight is 288 g/mol. The lowest BCUT2D eigenvalue weighted by atomic mass is 10.1. The zero-order valence-corrected chi connectivity index (χ0v) is 12.7. The highest BCUT2D eigenvalue weighted by Crippen LogP contribution is 2.27. The summed E-state index contributed by atoms with van der Waals surface area (Å²) in [6, 6.07) is 12.3. The van der Waals surface area contributed by atoms with Crippen molar-refractivity contribution in [3.63, 3.8) is 0 Å². The van der Waals surface area contributed by atoms with E-state index in [-0.39, 0.29) is 0 Å². The fourth-order valence-electron chi connectivity index (χ4n) is 1.91. The van der Waals surface area contributed by atoms with Gasteiger partial charge in [0.2, 0.25) is 0 Å². The molecule has 1 aromatic heterocycles. The van der Waals surface area contributed by atoms with Gasteiger partial charge in [0.15, 0.2) is 0 Å². The lowest BCUT2D eigenvalue weighted by Gasteiger charge is -2.11. The first-order valence-electron chi connectivity index (χ1n) is 6.74. The fourth-order valence-corrected chi connectivity index (χ4v) is 2.75. The van der Waals surface area contributed by atoms with E-state index in [1.807, 2.05) is 30.5 Å². The second-order valence-corrected chi connectivity index (χ2v) is 5.38. The minimum atomic E-state index is 0.861. The summed E-state index contributed by atoms with van der Waals surface area (Å²) in [4.78, 5) is 4.33. The van der Waals surface area contributed by atoms with Crippen molar-refractivity contribution in [1.82, 2.24) is 10.3 Å². The molecule has 2 aromatic rings. The predicted molar refractivity (Wildman–Crippen MR) is 84.2 cm³/mol. The molecular formula is C16H20N2OS. The summed E-state index contributed by atoms with van der Waals surface area (Å²) in [6.45, 7) is 3.98. The van der Waals surface area contributed by atoms with Crippen LogP contribution in [-0.2, 0) is 12.3 Å². The number of nitrogens with one attached hydrogen (secondary N) is 1. The van der Waals surface area contributed by atoms with Crippen molar-refractivity contribution in [1.29, 1.82) is 0 Å². The maximum Gasteiger partial charge on any atom is 0.122 e. The molecule has 0 aliphatic rings. The van der Waals surface area contributed by atoms with Crippen molar-refractivity contribution < 1.29 is 4.74 Å². The van der Waals surface area contributed by atoms with Crippen molar-refractivity contribution in [3.05, 3.63) is 53.7 Å². The summed E-state index contributed by atoms with van der Waals surface area (Å²) in [5, 5.41) is 4.38. The Bertz CT molecular complexity index is 531. The Morgan fingerprint density at radius 1 is 1.25 bits per heavy atom. The normalized spacial score (nSPS) is 10.5. The minimum absolute atomic E-state index is 0.861. The van der Waals surface area contributed by atoms with Gasteiger partial charge in [-0.15, -0.1) is 11.8 Å². The molecule has 0 spiro atoms. The van der Waals surface area contributed by atoms with E-state index in [2.05, 4.69) is 29.4 Å². The van der Waals surface area contributed by atoms with E-state index in [9.17, 15) is 0 Å². The number of benzene rings is 1. The van der Waals surface area contributed by atoms with Crippen LogP contribution in [0.25, 0.3) is 0 Å². The molecule has 1 aromatic carbocycles. The van der Waals surface area contributed by atoms with Crippen LogP contribution < -0.4 is 10.1 Å². The van der Waals surface area contributed by atoms with Gasteiger partial charge in [-0.25, -0.2) is 4.98 Å². The third-order valence-corrected chi connectivity index (χ3v) is 3.93. The van der Waals surface area contributed by atoms with E-state index >= 15 is 0 Å². The molecule has 0 bridgehead atoms. The highest BCUT2D eigenvalue weighted by Gasteiger charge is 2.06. The van der Waals surface area contributed by atoms with Crippen LogP contribution in [0.4, 0.5) is 0 Å². The Labute approximate surface area is 124 Å². The Hall–Kier alpha value is -1.52. The number of hydrogen-bond acceptors (Lipinski definition) is 4. The summed E-state index contributed by atoms with van der Waals surface area (Å²) < 4.78 is 5.44. The van der Waals surface area contributed by atoms with Crippen molar-refractivity contribution >= 4 is 11.8 Å². The second-order valence-electron chi connectivity index (χ2n) is 4.38. The largest absolute Gasteiger partial charge is 0.496 e. The number of methoxy groups -OCH3 is 1.